The van der Waals surface area contributed by atoms with Crippen molar-refractivity contribution in [1.29, 1.82) is 5.26 Å². The molecule has 1 aromatic heterocycles. The highest BCUT2D eigenvalue weighted by molar-refractivity contribution is 6.04. The van der Waals surface area contributed by atoms with Crippen LogP contribution in [0.2, 0.25) is 0 Å². The molecule has 6 N–H and O–H groups in total. The molecule has 1 heterocycles. The molecule has 9 nitrogen and oxygen atoms in total. The largest absolute Gasteiger partial charge is 0.506 e. The Kier molecular flexibility index (Phi) is 4.34. The van der Waals surface area contributed by atoms with Crippen molar-refractivity contribution in [1.82, 2.24) is 4.98 Å². The first-order chi connectivity index (χ1) is 11.1. The van der Waals surface area contributed by atoms with Crippen molar-refractivity contribution in [3.05, 3.63) is 57.3 Å². The van der Waals surface area contributed by atoms with Crippen LogP contribution in [-0.2, 0) is 5.97 Å². The lowest BCUT2D eigenvalue weighted by Gasteiger charge is -2.19. The molecule has 0 bridgehead atoms. The zero-order chi connectivity index (χ0) is 18.1. The monoisotopic (exact) mass is 335 g/mol. The molecule has 10 heteroatoms. The van der Waals surface area contributed by atoms with E-state index in [4.69, 9.17) is 5.26 Å². The molecule has 0 fully saturated rings. The number of pyridine rings is 1. The van der Waals surface area contributed by atoms with Gasteiger partial charge in [-0.25, -0.2) is 4.39 Å². The van der Waals surface area contributed by atoms with Gasteiger partial charge in [0.2, 0.25) is 0 Å². The van der Waals surface area contributed by atoms with Crippen LogP contribution in [0.1, 0.15) is 21.6 Å². The van der Waals surface area contributed by atoms with Crippen molar-refractivity contribution >= 4 is 11.6 Å². The van der Waals surface area contributed by atoms with Gasteiger partial charge in [-0.15, -0.1) is 0 Å². The van der Waals surface area contributed by atoms with Crippen molar-refractivity contribution in [3.63, 3.8) is 0 Å². The van der Waals surface area contributed by atoms with Crippen LogP contribution in [0.15, 0.2) is 29.1 Å². The second-order valence-corrected chi connectivity index (χ2v) is 4.64. The van der Waals surface area contributed by atoms with E-state index in [2.05, 4.69) is 5.32 Å². The average molecular weight is 335 g/mol. The van der Waals surface area contributed by atoms with Crippen molar-refractivity contribution in [2.75, 3.05) is 5.32 Å². The molecule has 0 saturated carbocycles. The summed E-state index contributed by atoms with van der Waals surface area (Å²) in [5, 5.41) is 48.7. The third-order valence-electron chi connectivity index (χ3n) is 2.97. The minimum atomic E-state index is -3.71. The van der Waals surface area contributed by atoms with Crippen molar-refractivity contribution < 1.29 is 29.6 Å². The van der Waals surface area contributed by atoms with Gasteiger partial charge in [-0.05, 0) is 24.3 Å². The number of hydrogen-bond donors (Lipinski definition) is 6. The predicted octanol–water partition coefficient (Wildman–Crippen LogP) is -0.569. The number of amides is 1. The molecule has 0 saturated heterocycles. The van der Waals surface area contributed by atoms with Crippen LogP contribution >= 0.6 is 0 Å². The Balaban J connectivity index is 2.57. The molecule has 124 valence electrons. The zero-order valence-corrected chi connectivity index (χ0v) is 11.7. The summed E-state index contributed by atoms with van der Waals surface area (Å²) in [6.45, 7) is 0. The number of carbonyl (C=O) groups is 1. The first-order valence-corrected chi connectivity index (χ1v) is 6.29. The standard InChI is InChI=1S/C14H10FN3O6/c15-6-1-3-7(4-2-6)17-13(21)10-9(14(22,23)24)11(19)8(5-16)12(20)18-10/h1-4,22-24H,(H,17,21)(H2,18,19,20). The lowest BCUT2D eigenvalue weighted by molar-refractivity contribution is -0.324. The van der Waals surface area contributed by atoms with E-state index in [-0.39, 0.29) is 5.69 Å². The highest BCUT2D eigenvalue weighted by Crippen LogP contribution is 2.29. The molecule has 0 spiro atoms. The third kappa shape index (κ3) is 3.23. The average Bonchev–Trinajstić information content (AvgIpc) is 2.47. The van der Waals surface area contributed by atoms with E-state index in [0.717, 1.165) is 12.1 Å². The molecule has 0 aliphatic carbocycles. The number of aliphatic hydroxyl groups is 3. The number of halogens is 1. The fourth-order valence-corrected chi connectivity index (χ4v) is 1.92. The van der Waals surface area contributed by atoms with Crippen LogP contribution in [0, 0.1) is 17.1 Å². The van der Waals surface area contributed by atoms with Gasteiger partial charge in [0, 0.05) is 5.69 Å². The van der Waals surface area contributed by atoms with E-state index in [1.54, 1.807) is 0 Å². The minimum Gasteiger partial charge on any atom is -0.506 e. The van der Waals surface area contributed by atoms with Gasteiger partial charge >= 0.3 is 5.97 Å². The third-order valence-corrected chi connectivity index (χ3v) is 2.97. The number of anilines is 1. The molecule has 0 aliphatic heterocycles. The van der Waals surface area contributed by atoms with E-state index in [1.807, 2.05) is 4.98 Å². The smallest absolute Gasteiger partial charge is 0.310 e. The van der Waals surface area contributed by atoms with E-state index in [0.29, 0.717) is 0 Å². The lowest BCUT2D eigenvalue weighted by Crippen LogP contribution is -2.32. The van der Waals surface area contributed by atoms with E-state index in [1.165, 1.54) is 18.2 Å². The number of nitrogens with zero attached hydrogens (tertiary/aromatic N) is 1. The molecule has 1 amide bonds. The molecule has 0 atom stereocenters. The van der Waals surface area contributed by atoms with Gasteiger partial charge < -0.3 is 30.7 Å². The Morgan fingerprint density at radius 1 is 1.25 bits per heavy atom. The van der Waals surface area contributed by atoms with Crippen molar-refractivity contribution in [2.24, 2.45) is 0 Å². The number of rotatable bonds is 3. The SMILES string of the molecule is N#Cc1c(O)c(C(O)(O)O)c(C(=O)Nc2ccc(F)cc2)[nH]c1=O. The van der Waals surface area contributed by atoms with Crippen LogP contribution in [0.3, 0.4) is 0 Å². The number of nitriles is 1. The number of aromatic amines is 1. The maximum Gasteiger partial charge on any atom is 0.310 e. The highest BCUT2D eigenvalue weighted by atomic mass is 19.1. The van der Waals surface area contributed by atoms with Crippen molar-refractivity contribution in [2.45, 2.75) is 5.97 Å². The van der Waals surface area contributed by atoms with Gasteiger partial charge in [0.15, 0.2) is 11.3 Å². The summed E-state index contributed by atoms with van der Waals surface area (Å²) in [7, 11) is 0. The predicted molar refractivity (Wildman–Crippen MR) is 76.1 cm³/mol. The molecular formula is C14H10FN3O6. The van der Waals surface area contributed by atoms with Crippen LogP contribution < -0.4 is 10.9 Å². The molecule has 2 aromatic rings. The fourth-order valence-electron chi connectivity index (χ4n) is 1.92. The van der Waals surface area contributed by atoms with Gasteiger partial charge in [-0.3, -0.25) is 9.59 Å². The summed E-state index contributed by atoms with van der Waals surface area (Å²) >= 11 is 0. The minimum absolute atomic E-state index is 0.0801. The number of carbonyl (C=O) groups excluding carboxylic acids is 1. The summed E-state index contributed by atoms with van der Waals surface area (Å²) in [5.74, 6) is -6.71. The Morgan fingerprint density at radius 3 is 2.33 bits per heavy atom. The van der Waals surface area contributed by atoms with Gasteiger partial charge in [0.25, 0.3) is 11.5 Å². The Bertz CT molecular complexity index is 893. The number of hydrogen-bond acceptors (Lipinski definition) is 7. The topological polar surface area (TPSA) is 167 Å². The Labute approximate surface area is 132 Å². The van der Waals surface area contributed by atoms with E-state index in [9.17, 15) is 34.4 Å². The molecule has 0 radical (unpaired) electrons. The summed E-state index contributed by atoms with van der Waals surface area (Å²) in [5.41, 5.74) is -4.11. The summed E-state index contributed by atoms with van der Waals surface area (Å²) < 4.78 is 12.8. The first kappa shape index (κ1) is 17.1. The molecule has 2 rings (SSSR count). The van der Waals surface area contributed by atoms with Gasteiger partial charge in [-0.1, -0.05) is 0 Å². The highest BCUT2D eigenvalue weighted by Gasteiger charge is 2.35. The van der Waals surface area contributed by atoms with Crippen LogP contribution in [0.4, 0.5) is 10.1 Å². The second kappa shape index (κ2) is 6.09. The molecule has 0 unspecified atom stereocenters. The van der Waals surface area contributed by atoms with Gasteiger partial charge in [0.05, 0.1) is 0 Å². The van der Waals surface area contributed by atoms with Crippen LogP contribution in [-0.4, -0.2) is 31.3 Å². The fraction of sp³-hybridized carbons (Fsp3) is 0.0714. The first-order valence-electron chi connectivity index (χ1n) is 6.29. The van der Waals surface area contributed by atoms with Crippen LogP contribution in [0.5, 0.6) is 5.75 Å². The van der Waals surface area contributed by atoms with Gasteiger partial charge in [-0.2, -0.15) is 5.26 Å². The molecule has 0 aliphatic rings. The Morgan fingerprint density at radius 2 is 1.83 bits per heavy atom. The summed E-state index contributed by atoms with van der Waals surface area (Å²) in [4.78, 5) is 25.7. The quantitative estimate of drug-likeness (QED) is 0.408. The normalized spacial score (nSPS) is 11.0. The van der Waals surface area contributed by atoms with E-state index < -0.39 is 45.8 Å². The molecular weight excluding hydrogens is 325 g/mol. The van der Waals surface area contributed by atoms with Gasteiger partial charge in [0.1, 0.15) is 23.1 Å². The molecule has 1 aromatic carbocycles. The number of aromatic nitrogens is 1. The Hall–Kier alpha value is -3.26. The number of benzene rings is 1. The molecule has 24 heavy (non-hydrogen) atoms. The summed E-state index contributed by atoms with van der Waals surface area (Å²) in [6.07, 6.45) is 0. The van der Waals surface area contributed by atoms with Crippen molar-refractivity contribution in [3.8, 4) is 11.8 Å². The summed E-state index contributed by atoms with van der Waals surface area (Å²) in [6, 6.07) is 5.72. The number of aromatic hydroxyl groups is 1. The maximum atomic E-state index is 12.8. The van der Waals surface area contributed by atoms with E-state index >= 15 is 0 Å². The van der Waals surface area contributed by atoms with Crippen LogP contribution in [0.25, 0.3) is 0 Å². The lowest BCUT2D eigenvalue weighted by atomic mass is 10.1. The second-order valence-electron chi connectivity index (χ2n) is 4.64. The number of nitrogens with one attached hydrogen (secondary N) is 2. The number of H-pyrrole nitrogens is 1. The zero-order valence-electron chi connectivity index (χ0n) is 11.7. The maximum absolute atomic E-state index is 12.8.